The Labute approximate surface area is 76.6 Å². The summed E-state index contributed by atoms with van der Waals surface area (Å²) in [5.74, 6) is 0.0291. The zero-order chi connectivity index (χ0) is 9.84. The highest BCUT2D eigenvalue weighted by Gasteiger charge is 2.03. The number of aliphatic imine (C=N–C) groups is 1. The molecule has 0 radical (unpaired) electrons. The Kier molecular flexibility index (Phi) is 2.95. The Bertz CT molecular complexity index is 326. The maximum absolute atomic E-state index is 12.9. The molecule has 70 valence electrons. The van der Waals surface area contributed by atoms with Crippen LogP contribution in [0.2, 0.25) is 0 Å². The molecule has 4 heteroatoms. The Morgan fingerprint density at radius 1 is 1.69 bits per heavy atom. The molecule has 0 aromatic carbocycles. The first kappa shape index (κ1) is 9.64. The summed E-state index contributed by atoms with van der Waals surface area (Å²) in [5.41, 5.74) is 0. The molecule has 0 spiro atoms. The molecule has 1 heterocycles. The molecule has 1 aromatic rings. The van der Waals surface area contributed by atoms with Gasteiger partial charge in [0, 0.05) is 12.2 Å². The maximum atomic E-state index is 12.9. The average Bonchev–Trinajstić information content (AvgIpc) is 2.42. The Morgan fingerprint density at radius 2 is 2.38 bits per heavy atom. The average molecular weight is 181 g/mol. The highest BCUT2D eigenvalue weighted by molar-refractivity contribution is 5.76. The quantitative estimate of drug-likeness (QED) is 0.655. The molecule has 0 fully saturated rings. The Morgan fingerprint density at radius 3 is 2.92 bits per heavy atom. The lowest BCUT2D eigenvalue weighted by molar-refractivity contribution is 0.567. The number of imidazole rings is 1. The van der Waals surface area contributed by atoms with Crippen molar-refractivity contribution in [2.45, 2.75) is 19.9 Å². The zero-order valence-electron chi connectivity index (χ0n) is 7.74. The van der Waals surface area contributed by atoms with Crippen LogP contribution in [0.25, 0.3) is 6.20 Å². The van der Waals surface area contributed by atoms with Gasteiger partial charge in [0.2, 0.25) is 5.95 Å². The largest absolute Gasteiger partial charge is 0.287 e. The van der Waals surface area contributed by atoms with Crippen LogP contribution >= 0.6 is 0 Å². The second-order valence-electron chi connectivity index (χ2n) is 2.86. The van der Waals surface area contributed by atoms with Crippen LogP contribution in [0.1, 0.15) is 19.7 Å². The van der Waals surface area contributed by atoms with Crippen LogP contribution < -0.4 is 0 Å². The lowest BCUT2D eigenvalue weighted by Gasteiger charge is -1.97. The lowest BCUT2D eigenvalue weighted by Crippen LogP contribution is -1.99. The van der Waals surface area contributed by atoms with Gasteiger partial charge in [0.15, 0.2) is 5.82 Å². The predicted molar refractivity (Wildman–Crippen MR) is 51.3 cm³/mol. The summed E-state index contributed by atoms with van der Waals surface area (Å²) < 4.78 is 14.1. The Balaban J connectivity index is 2.94. The summed E-state index contributed by atoms with van der Waals surface area (Å²) in [6, 6.07) is 0.179. The third-order valence-electron chi connectivity index (χ3n) is 1.45. The van der Waals surface area contributed by atoms with Gasteiger partial charge in [-0.05, 0) is 13.8 Å². The van der Waals surface area contributed by atoms with Gasteiger partial charge >= 0.3 is 0 Å². The first-order valence-corrected chi connectivity index (χ1v) is 4.03. The molecule has 0 bridgehead atoms. The predicted octanol–water partition coefficient (Wildman–Crippen LogP) is 1.95. The molecule has 0 atom stereocenters. The second kappa shape index (κ2) is 3.98. The molecule has 0 aliphatic heterocycles. The number of nitrogens with zero attached hydrogens (tertiary/aromatic N) is 3. The minimum Gasteiger partial charge on any atom is -0.287 e. The van der Waals surface area contributed by atoms with Crippen molar-refractivity contribution in [1.82, 2.24) is 9.55 Å². The fraction of sp³-hybridized carbons (Fsp3) is 0.333. The fourth-order valence-corrected chi connectivity index (χ4v) is 0.845. The van der Waals surface area contributed by atoms with E-state index in [1.165, 1.54) is 17.0 Å². The number of hydrogen-bond donors (Lipinski definition) is 0. The molecular weight excluding hydrogens is 169 g/mol. The van der Waals surface area contributed by atoms with E-state index in [1.54, 1.807) is 0 Å². The minimum absolute atomic E-state index is 0.179. The summed E-state index contributed by atoms with van der Waals surface area (Å²) >= 11 is 0. The van der Waals surface area contributed by atoms with Crippen LogP contribution in [0.3, 0.4) is 0 Å². The summed E-state index contributed by atoms with van der Waals surface area (Å²) in [4.78, 5) is 7.92. The molecule has 0 aliphatic rings. The van der Waals surface area contributed by atoms with Crippen molar-refractivity contribution in [3.63, 3.8) is 0 Å². The van der Waals surface area contributed by atoms with Crippen molar-refractivity contribution < 1.29 is 4.39 Å². The van der Waals surface area contributed by atoms with E-state index in [2.05, 4.69) is 16.6 Å². The summed E-state index contributed by atoms with van der Waals surface area (Å²) in [7, 11) is 0. The third-order valence-corrected chi connectivity index (χ3v) is 1.45. The molecule has 0 aliphatic carbocycles. The van der Waals surface area contributed by atoms with Crippen molar-refractivity contribution in [3.8, 4) is 0 Å². The van der Waals surface area contributed by atoms with Crippen molar-refractivity contribution in [2.75, 3.05) is 0 Å². The van der Waals surface area contributed by atoms with E-state index in [1.807, 2.05) is 13.8 Å². The summed E-state index contributed by atoms with van der Waals surface area (Å²) in [6.45, 7) is 7.35. The van der Waals surface area contributed by atoms with Gasteiger partial charge in [-0.25, -0.2) is 4.98 Å². The third kappa shape index (κ3) is 2.24. The molecule has 1 aromatic heterocycles. The number of aromatic nitrogens is 2. The van der Waals surface area contributed by atoms with Gasteiger partial charge in [-0.15, -0.1) is 0 Å². The molecule has 0 N–H and O–H groups in total. The van der Waals surface area contributed by atoms with Gasteiger partial charge in [0.25, 0.3) is 0 Å². The van der Waals surface area contributed by atoms with Gasteiger partial charge in [-0.1, -0.05) is 6.58 Å². The molecule has 0 saturated carbocycles. The smallest absolute Gasteiger partial charge is 0.217 e. The minimum atomic E-state index is -0.430. The fourth-order valence-electron chi connectivity index (χ4n) is 0.845. The van der Waals surface area contributed by atoms with Crippen molar-refractivity contribution in [1.29, 1.82) is 0 Å². The lowest BCUT2D eigenvalue weighted by atomic mass is 10.4. The molecule has 3 nitrogen and oxygen atoms in total. The molecular formula is C9H12FN3. The van der Waals surface area contributed by atoms with Crippen LogP contribution in [-0.2, 0) is 0 Å². The normalized spacial score (nSPS) is 11.4. The Hall–Kier alpha value is -1.45. The number of hydrogen-bond acceptors (Lipinski definition) is 2. The number of rotatable bonds is 3. The number of halogens is 1. The van der Waals surface area contributed by atoms with Crippen molar-refractivity contribution in [3.05, 3.63) is 24.5 Å². The van der Waals surface area contributed by atoms with Gasteiger partial charge in [-0.2, -0.15) is 4.39 Å². The van der Waals surface area contributed by atoms with E-state index in [0.717, 1.165) is 6.20 Å². The molecule has 0 unspecified atom stereocenters. The standard InChI is InChI=1S/C9H12FN3/c1-4-13-8(10)5-12-9(13)6-11-7(2)3/h4-7H,1H2,2-3H3. The van der Waals surface area contributed by atoms with Gasteiger partial charge in [0.05, 0.1) is 12.4 Å². The summed E-state index contributed by atoms with van der Waals surface area (Å²) in [5, 5.41) is 0. The van der Waals surface area contributed by atoms with E-state index >= 15 is 0 Å². The van der Waals surface area contributed by atoms with Gasteiger partial charge in [-0.3, -0.25) is 9.56 Å². The molecule has 0 amide bonds. The van der Waals surface area contributed by atoms with Crippen LogP contribution in [0.4, 0.5) is 4.39 Å². The van der Waals surface area contributed by atoms with Crippen LogP contribution in [0.5, 0.6) is 0 Å². The van der Waals surface area contributed by atoms with Crippen LogP contribution in [-0.4, -0.2) is 21.8 Å². The zero-order valence-corrected chi connectivity index (χ0v) is 7.74. The molecule has 0 saturated heterocycles. The monoisotopic (exact) mass is 181 g/mol. The molecule has 13 heavy (non-hydrogen) atoms. The summed E-state index contributed by atoms with van der Waals surface area (Å²) in [6.07, 6.45) is 4.04. The van der Waals surface area contributed by atoms with E-state index in [9.17, 15) is 4.39 Å². The van der Waals surface area contributed by atoms with Crippen LogP contribution in [0, 0.1) is 5.95 Å². The van der Waals surface area contributed by atoms with E-state index < -0.39 is 5.95 Å². The van der Waals surface area contributed by atoms with Gasteiger partial charge < -0.3 is 0 Å². The van der Waals surface area contributed by atoms with Crippen molar-refractivity contribution in [2.24, 2.45) is 4.99 Å². The molecule has 1 rings (SSSR count). The SMILES string of the molecule is C=Cn1c(F)cnc1C=NC(C)C. The second-order valence-corrected chi connectivity index (χ2v) is 2.86. The van der Waals surface area contributed by atoms with E-state index in [-0.39, 0.29) is 6.04 Å². The highest BCUT2D eigenvalue weighted by Crippen LogP contribution is 2.01. The van der Waals surface area contributed by atoms with Crippen molar-refractivity contribution >= 4 is 12.4 Å². The van der Waals surface area contributed by atoms with Gasteiger partial charge in [0.1, 0.15) is 0 Å². The van der Waals surface area contributed by atoms with Crippen LogP contribution in [0.15, 0.2) is 17.8 Å². The van der Waals surface area contributed by atoms with E-state index in [0.29, 0.717) is 5.82 Å². The first-order chi connectivity index (χ1) is 6.15. The first-order valence-electron chi connectivity index (χ1n) is 4.03. The highest BCUT2D eigenvalue weighted by atomic mass is 19.1. The topological polar surface area (TPSA) is 30.2 Å². The maximum Gasteiger partial charge on any atom is 0.217 e. The van der Waals surface area contributed by atoms with E-state index in [4.69, 9.17) is 0 Å².